The van der Waals surface area contributed by atoms with Crippen molar-refractivity contribution >= 4 is 39.7 Å². The molecule has 0 unspecified atom stereocenters. The van der Waals surface area contributed by atoms with Gasteiger partial charge in [-0.25, -0.2) is 4.98 Å². The summed E-state index contributed by atoms with van der Waals surface area (Å²) < 4.78 is 0. The van der Waals surface area contributed by atoms with Gasteiger partial charge >= 0.3 is 0 Å². The number of halogens is 1. The van der Waals surface area contributed by atoms with E-state index in [1.54, 1.807) is 11.8 Å². The highest BCUT2D eigenvalue weighted by atomic mass is 35.5. The van der Waals surface area contributed by atoms with E-state index in [9.17, 15) is 4.79 Å². The van der Waals surface area contributed by atoms with E-state index < -0.39 is 0 Å². The van der Waals surface area contributed by atoms with Crippen LogP contribution in [-0.2, 0) is 11.3 Å². The summed E-state index contributed by atoms with van der Waals surface area (Å²) >= 11 is 8.00. The van der Waals surface area contributed by atoms with Gasteiger partial charge in [0, 0.05) is 18.8 Å². The minimum absolute atomic E-state index is 0.0731. The van der Waals surface area contributed by atoms with Crippen LogP contribution in [0, 0.1) is 13.8 Å². The average Bonchev–Trinajstić information content (AvgIpc) is 3.00. The predicted octanol–water partition coefficient (Wildman–Crippen LogP) is 5.86. The number of likely N-dealkylation sites (tertiary alicyclic amines) is 1. The Morgan fingerprint density at radius 2 is 1.85 bits per heavy atom. The molecule has 3 rings (SSSR count). The smallest absolute Gasteiger partial charge is 0.230 e. The summed E-state index contributed by atoms with van der Waals surface area (Å²) in [5.74, 6) is -0.0731. The molecule has 1 saturated heterocycles. The third-order valence-corrected chi connectivity index (χ3v) is 6.16. The fourth-order valence-corrected chi connectivity index (χ4v) is 5.02. The van der Waals surface area contributed by atoms with Crippen molar-refractivity contribution in [1.29, 1.82) is 0 Å². The third-order valence-electron chi connectivity index (χ3n) is 5.00. The van der Waals surface area contributed by atoms with Crippen molar-refractivity contribution in [3.63, 3.8) is 0 Å². The predicted molar refractivity (Wildman–Crippen MR) is 114 cm³/mol. The van der Waals surface area contributed by atoms with Crippen LogP contribution in [0.1, 0.15) is 55.8 Å². The Hall–Kier alpha value is -1.43. The van der Waals surface area contributed by atoms with Crippen LogP contribution in [0.5, 0.6) is 0 Å². The van der Waals surface area contributed by atoms with Crippen LogP contribution >= 0.6 is 22.9 Å². The Morgan fingerprint density at radius 3 is 2.48 bits per heavy atom. The van der Waals surface area contributed by atoms with Crippen molar-refractivity contribution in [3.8, 4) is 0 Å². The molecule has 2 heterocycles. The van der Waals surface area contributed by atoms with Crippen molar-refractivity contribution in [3.05, 3.63) is 39.4 Å². The second-order valence-corrected chi connectivity index (χ2v) is 8.68. The maximum absolute atomic E-state index is 12.4. The summed E-state index contributed by atoms with van der Waals surface area (Å²) in [7, 11) is 0. The van der Waals surface area contributed by atoms with Crippen molar-refractivity contribution in [2.45, 2.75) is 59.4 Å². The number of anilines is 2. The van der Waals surface area contributed by atoms with E-state index in [0.717, 1.165) is 42.1 Å². The molecule has 1 aliphatic rings. The van der Waals surface area contributed by atoms with Crippen molar-refractivity contribution < 1.29 is 4.79 Å². The van der Waals surface area contributed by atoms with Crippen LogP contribution in [0.15, 0.2) is 17.5 Å². The topological polar surface area (TPSA) is 36.4 Å². The quantitative estimate of drug-likeness (QED) is 0.638. The van der Waals surface area contributed by atoms with E-state index in [1.807, 2.05) is 26.0 Å². The summed E-state index contributed by atoms with van der Waals surface area (Å²) in [5.41, 5.74) is 3.84. The third kappa shape index (κ3) is 5.09. The first kappa shape index (κ1) is 20.3. The van der Waals surface area contributed by atoms with Crippen LogP contribution in [-0.4, -0.2) is 28.9 Å². The van der Waals surface area contributed by atoms with E-state index in [2.05, 4.69) is 10.3 Å². The van der Waals surface area contributed by atoms with Gasteiger partial charge in [0.15, 0.2) is 5.13 Å². The van der Waals surface area contributed by atoms with E-state index in [1.165, 1.54) is 43.4 Å². The number of thiazole rings is 1. The Labute approximate surface area is 171 Å². The number of hydrogen-bond acceptors (Lipinski definition) is 4. The second-order valence-electron chi connectivity index (χ2n) is 7.43. The number of aryl methyl sites for hydroxylation is 2. The molecule has 27 heavy (non-hydrogen) atoms. The minimum Gasteiger partial charge on any atom is -0.297 e. The Kier molecular flexibility index (Phi) is 6.90. The molecule has 1 amide bonds. The van der Waals surface area contributed by atoms with E-state index in [4.69, 9.17) is 16.6 Å². The summed E-state index contributed by atoms with van der Waals surface area (Å²) in [6.07, 6.45) is 6.52. The molecule has 6 heteroatoms. The number of hydrogen-bond donors (Lipinski definition) is 0. The normalized spacial score (nSPS) is 16.0. The Balaban J connectivity index is 1.83. The zero-order valence-corrected chi connectivity index (χ0v) is 18.0. The van der Waals surface area contributed by atoms with Crippen LogP contribution in [0.2, 0.25) is 5.02 Å². The zero-order valence-electron chi connectivity index (χ0n) is 16.4. The number of carbonyl (C=O) groups excluding carboxylic acids is 1. The molecular formula is C21H28ClN3OS. The van der Waals surface area contributed by atoms with E-state index >= 15 is 0 Å². The molecule has 4 nitrogen and oxygen atoms in total. The fourth-order valence-electron chi connectivity index (χ4n) is 3.75. The van der Waals surface area contributed by atoms with Gasteiger partial charge in [-0.1, -0.05) is 36.9 Å². The molecule has 0 saturated carbocycles. The van der Waals surface area contributed by atoms with Gasteiger partial charge in [-0.05, 0) is 57.0 Å². The standard InChI is InChI=1S/C21H28ClN3OS/c1-15-11-16(2)20(19(22)12-15)25(17(3)26)21-23-18(14-27-21)13-24-9-7-5-4-6-8-10-24/h11-12,14H,4-10,13H2,1-3H3. The first-order valence-electron chi connectivity index (χ1n) is 9.70. The van der Waals surface area contributed by atoms with Gasteiger partial charge in [-0.15, -0.1) is 11.3 Å². The fraction of sp³-hybridized carbons (Fsp3) is 0.524. The van der Waals surface area contributed by atoms with Crippen LogP contribution in [0.4, 0.5) is 10.8 Å². The van der Waals surface area contributed by atoms with E-state index in [-0.39, 0.29) is 5.91 Å². The molecule has 1 aromatic carbocycles. The molecule has 1 aliphatic heterocycles. The monoisotopic (exact) mass is 405 g/mol. The largest absolute Gasteiger partial charge is 0.297 e. The molecule has 0 bridgehead atoms. The van der Waals surface area contributed by atoms with Crippen molar-refractivity contribution in [1.82, 2.24) is 9.88 Å². The van der Waals surface area contributed by atoms with Crippen LogP contribution in [0.25, 0.3) is 0 Å². The highest BCUT2D eigenvalue weighted by molar-refractivity contribution is 7.14. The molecule has 0 atom stereocenters. The molecule has 0 aliphatic carbocycles. The number of benzene rings is 1. The lowest BCUT2D eigenvalue weighted by atomic mass is 10.1. The average molecular weight is 406 g/mol. The highest BCUT2D eigenvalue weighted by Crippen LogP contribution is 2.37. The lowest BCUT2D eigenvalue weighted by Gasteiger charge is -2.24. The number of nitrogens with zero attached hydrogens (tertiary/aromatic N) is 3. The van der Waals surface area contributed by atoms with E-state index in [0.29, 0.717) is 10.2 Å². The van der Waals surface area contributed by atoms with Gasteiger partial charge in [0.1, 0.15) is 0 Å². The summed E-state index contributed by atoms with van der Waals surface area (Å²) in [5, 5.41) is 3.35. The number of carbonyl (C=O) groups is 1. The summed E-state index contributed by atoms with van der Waals surface area (Å²) in [6, 6.07) is 3.94. The molecule has 2 aromatic rings. The zero-order chi connectivity index (χ0) is 19.4. The van der Waals surface area contributed by atoms with Gasteiger partial charge in [0.05, 0.1) is 16.4 Å². The van der Waals surface area contributed by atoms with Crippen LogP contribution in [0.3, 0.4) is 0 Å². The lowest BCUT2D eigenvalue weighted by Crippen LogP contribution is -2.27. The van der Waals surface area contributed by atoms with Crippen LogP contribution < -0.4 is 4.90 Å². The highest BCUT2D eigenvalue weighted by Gasteiger charge is 2.23. The molecule has 0 radical (unpaired) electrons. The van der Waals surface area contributed by atoms with Gasteiger partial charge in [-0.2, -0.15) is 0 Å². The van der Waals surface area contributed by atoms with Gasteiger partial charge < -0.3 is 0 Å². The first-order valence-corrected chi connectivity index (χ1v) is 11.0. The molecule has 146 valence electrons. The minimum atomic E-state index is -0.0731. The molecule has 1 aromatic heterocycles. The number of aromatic nitrogens is 1. The van der Waals surface area contributed by atoms with Crippen molar-refractivity contribution in [2.24, 2.45) is 0 Å². The molecule has 0 spiro atoms. The van der Waals surface area contributed by atoms with Crippen molar-refractivity contribution in [2.75, 3.05) is 18.0 Å². The molecule has 0 N–H and O–H groups in total. The second kappa shape index (κ2) is 9.18. The number of amides is 1. The molecule has 1 fully saturated rings. The SMILES string of the molecule is CC(=O)N(c1nc(CN2CCCCCCC2)cs1)c1c(C)cc(C)cc1Cl. The molecular weight excluding hydrogens is 378 g/mol. The Morgan fingerprint density at radius 1 is 1.19 bits per heavy atom. The number of rotatable bonds is 4. The van der Waals surface area contributed by atoms with Gasteiger partial charge in [-0.3, -0.25) is 14.6 Å². The van der Waals surface area contributed by atoms with Gasteiger partial charge in [0.2, 0.25) is 5.91 Å². The Bertz CT molecular complexity index is 773. The first-order chi connectivity index (χ1) is 13.0. The lowest BCUT2D eigenvalue weighted by molar-refractivity contribution is -0.115. The summed E-state index contributed by atoms with van der Waals surface area (Å²) in [6.45, 7) is 8.67. The van der Waals surface area contributed by atoms with Gasteiger partial charge in [0.25, 0.3) is 0 Å². The summed E-state index contributed by atoms with van der Waals surface area (Å²) in [4.78, 5) is 21.4. The maximum atomic E-state index is 12.4. The maximum Gasteiger partial charge on any atom is 0.230 e.